The van der Waals surface area contributed by atoms with Gasteiger partial charge in [0, 0.05) is 35.1 Å². The molecule has 2 heterocycles. The van der Waals surface area contributed by atoms with E-state index in [1.165, 1.54) is 6.08 Å². The number of amides is 1. The van der Waals surface area contributed by atoms with Crippen molar-refractivity contribution in [3.05, 3.63) is 89.1 Å². The van der Waals surface area contributed by atoms with Crippen LogP contribution in [0.2, 0.25) is 5.02 Å². The van der Waals surface area contributed by atoms with Crippen LogP contribution in [-0.2, 0) is 23.2 Å². The fourth-order valence-electron chi connectivity index (χ4n) is 5.10. The van der Waals surface area contributed by atoms with Crippen LogP contribution in [0, 0.1) is 5.92 Å². The van der Waals surface area contributed by atoms with E-state index < -0.39 is 5.97 Å². The number of carbonyl (C=O) groups excluding carboxylic acids is 1. The number of aryl methyl sites for hydroxylation is 1. The number of halogens is 1. The fraction of sp³-hybridized carbons (Fsp3) is 0.258. The molecule has 7 nitrogen and oxygen atoms in total. The zero-order valence-corrected chi connectivity index (χ0v) is 22.8. The van der Waals surface area contributed by atoms with Crippen LogP contribution < -0.4 is 4.90 Å². The Morgan fingerprint density at radius 2 is 1.79 bits per heavy atom. The van der Waals surface area contributed by atoms with E-state index in [1.54, 1.807) is 4.90 Å². The first-order valence-corrected chi connectivity index (χ1v) is 13.4. The summed E-state index contributed by atoms with van der Waals surface area (Å²) >= 11 is 6.82. The zero-order chi connectivity index (χ0) is 27.5. The number of aromatic nitrogens is 2. The highest BCUT2D eigenvalue weighted by Crippen LogP contribution is 2.31. The molecule has 0 saturated carbocycles. The molecule has 200 valence electrons. The first kappa shape index (κ1) is 26.7. The van der Waals surface area contributed by atoms with Gasteiger partial charge in [0.2, 0.25) is 5.91 Å². The lowest BCUT2D eigenvalue weighted by molar-refractivity contribution is -0.131. The van der Waals surface area contributed by atoms with Crippen LogP contribution in [0.4, 0.5) is 5.69 Å². The number of nitrogens with zero attached hydrogens (tertiary/aromatic N) is 4. The first-order chi connectivity index (χ1) is 18.8. The predicted octanol–water partition coefficient (Wildman–Crippen LogP) is 5.87. The number of benzene rings is 3. The van der Waals surface area contributed by atoms with Gasteiger partial charge >= 0.3 is 5.97 Å². The highest BCUT2D eigenvalue weighted by Gasteiger charge is 2.29. The number of aliphatic carboxylic acids is 1. The Morgan fingerprint density at radius 1 is 1.05 bits per heavy atom. The van der Waals surface area contributed by atoms with Gasteiger partial charge in [-0.15, -0.1) is 0 Å². The van der Waals surface area contributed by atoms with E-state index in [1.807, 2.05) is 66.5 Å². The summed E-state index contributed by atoms with van der Waals surface area (Å²) in [6, 6.07) is 19.5. The number of hydrogen-bond donors (Lipinski definition) is 1. The van der Waals surface area contributed by atoms with Crippen molar-refractivity contribution in [3.63, 3.8) is 0 Å². The molecule has 1 amide bonds. The van der Waals surface area contributed by atoms with Crippen molar-refractivity contribution in [2.75, 3.05) is 25.0 Å². The van der Waals surface area contributed by atoms with Gasteiger partial charge < -0.3 is 14.9 Å². The molecule has 1 aliphatic heterocycles. The molecule has 3 aromatic carbocycles. The number of fused-ring (bicyclic) bond motifs is 1. The molecule has 1 aliphatic rings. The molecule has 8 heteroatoms. The van der Waals surface area contributed by atoms with E-state index in [2.05, 4.69) is 29.2 Å². The highest BCUT2D eigenvalue weighted by molar-refractivity contribution is 6.31. The lowest BCUT2D eigenvalue weighted by atomic mass is 9.94. The van der Waals surface area contributed by atoms with Crippen LogP contribution in [0.25, 0.3) is 28.1 Å². The van der Waals surface area contributed by atoms with Crippen LogP contribution in [0.3, 0.4) is 0 Å². The Bertz CT molecular complexity index is 1550. The van der Waals surface area contributed by atoms with Gasteiger partial charge in [0.15, 0.2) is 0 Å². The van der Waals surface area contributed by atoms with Crippen molar-refractivity contribution in [2.45, 2.75) is 19.4 Å². The molecule has 39 heavy (non-hydrogen) atoms. The number of likely N-dealkylation sites (tertiary alicyclic amines) is 1. The second kappa shape index (κ2) is 11.4. The summed E-state index contributed by atoms with van der Waals surface area (Å²) in [7, 11) is 3.99. The summed E-state index contributed by atoms with van der Waals surface area (Å²) in [6.45, 7) is 2.07. The molecule has 1 fully saturated rings. The fourth-order valence-corrected chi connectivity index (χ4v) is 5.35. The maximum absolute atomic E-state index is 13.9. The Balaban J connectivity index is 1.45. The number of hydrogen-bond acceptors (Lipinski definition) is 4. The Morgan fingerprint density at radius 3 is 2.54 bits per heavy atom. The minimum Gasteiger partial charge on any atom is -0.478 e. The van der Waals surface area contributed by atoms with E-state index in [0.717, 1.165) is 59.6 Å². The Hall–Kier alpha value is -3.94. The molecule has 1 aromatic heterocycles. The van der Waals surface area contributed by atoms with E-state index in [4.69, 9.17) is 16.7 Å². The van der Waals surface area contributed by atoms with Crippen molar-refractivity contribution in [2.24, 2.45) is 13.0 Å². The summed E-state index contributed by atoms with van der Waals surface area (Å²) in [4.78, 5) is 28.9. The molecule has 1 N–H and O–H groups in total. The molecule has 0 aliphatic carbocycles. The Labute approximate surface area is 232 Å². The number of anilines is 1. The molecule has 4 aromatic rings. The van der Waals surface area contributed by atoms with Crippen molar-refractivity contribution in [3.8, 4) is 11.1 Å². The number of carbonyl (C=O) groups is 2. The molecule has 0 unspecified atom stereocenters. The van der Waals surface area contributed by atoms with E-state index in [-0.39, 0.29) is 11.8 Å². The zero-order valence-electron chi connectivity index (χ0n) is 22.0. The van der Waals surface area contributed by atoms with Crippen LogP contribution in [-0.4, -0.2) is 51.8 Å². The lowest BCUT2D eigenvalue weighted by Crippen LogP contribution is -2.41. The number of piperidine rings is 1. The monoisotopic (exact) mass is 542 g/mol. The maximum Gasteiger partial charge on any atom is 0.328 e. The molecule has 5 rings (SSSR count). The predicted molar refractivity (Wildman–Crippen MR) is 156 cm³/mol. The van der Waals surface area contributed by atoms with Gasteiger partial charge in [0.05, 0.1) is 18.3 Å². The van der Waals surface area contributed by atoms with Crippen molar-refractivity contribution in [1.82, 2.24) is 14.7 Å². The molecule has 0 spiro atoms. The summed E-state index contributed by atoms with van der Waals surface area (Å²) in [5.41, 5.74) is 5.36. The van der Waals surface area contributed by atoms with Gasteiger partial charge in [0.1, 0.15) is 0 Å². The largest absolute Gasteiger partial charge is 0.478 e. The molecule has 0 atom stereocenters. The third-order valence-electron chi connectivity index (χ3n) is 7.40. The minimum absolute atomic E-state index is 0.0598. The van der Waals surface area contributed by atoms with Crippen LogP contribution in [0.1, 0.15) is 24.0 Å². The van der Waals surface area contributed by atoms with Gasteiger partial charge in [-0.25, -0.2) is 4.79 Å². The normalized spacial score (nSPS) is 14.7. The SMILES string of the molecule is CN1CCC(C(=O)N(Cc2ccc(-c3ccc4c(cnn4C)c3)cc2Cl)c2cccc(C=CC(=O)O)c2)CC1. The molecular weight excluding hydrogens is 512 g/mol. The summed E-state index contributed by atoms with van der Waals surface area (Å²) in [5.74, 6) is -1.04. The maximum atomic E-state index is 13.9. The average Bonchev–Trinajstić information content (AvgIpc) is 3.31. The molecule has 0 bridgehead atoms. The Kier molecular flexibility index (Phi) is 7.82. The smallest absolute Gasteiger partial charge is 0.328 e. The third-order valence-corrected chi connectivity index (χ3v) is 7.75. The highest BCUT2D eigenvalue weighted by atomic mass is 35.5. The summed E-state index contributed by atoms with van der Waals surface area (Å²) in [6.07, 6.45) is 6.08. The van der Waals surface area contributed by atoms with Gasteiger partial charge in [-0.1, -0.05) is 41.9 Å². The van der Waals surface area contributed by atoms with Crippen molar-refractivity contribution < 1.29 is 14.7 Å². The van der Waals surface area contributed by atoms with Crippen molar-refractivity contribution >= 4 is 46.1 Å². The van der Waals surface area contributed by atoms with Crippen LogP contribution in [0.15, 0.2) is 72.9 Å². The van der Waals surface area contributed by atoms with E-state index >= 15 is 0 Å². The topological polar surface area (TPSA) is 78.7 Å². The summed E-state index contributed by atoms with van der Waals surface area (Å²) in [5, 5.41) is 15.0. The van der Waals surface area contributed by atoms with E-state index in [0.29, 0.717) is 22.8 Å². The molecular formula is C31H31ClN4O3. The lowest BCUT2D eigenvalue weighted by Gasteiger charge is -2.33. The second-order valence-corrected chi connectivity index (χ2v) is 10.5. The average molecular weight is 543 g/mol. The van der Waals surface area contributed by atoms with Crippen LogP contribution in [0.5, 0.6) is 0 Å². The van der Waals surface area contributed by atoms with Gasteiger partial charge in [0.25, 0.3) is 0 Å². The first-order valence-electron chi connectivity index (χ1n) is 13.0. The standard InChI is InChI=1S/C31H31ClN4O3/c1-34-14-12-22(13-15-34)31(39)36(27-5-3-4-21(16-27)6-11-30(37)38)20-25-8-7-24(18-28(25)32)23-9-10-29-26(17-23)19-33-35(29)2/h3-11,16-19,22H,12-15,20H2,1-2H3,(H,37,38). The molecule has 1 saturated heterocycles. The number of carboxylic acids is 1. The number of carboxylic acid groups (broad SMARTS) is 1. The van der Waals surface area contributed by atoms with Gasteiger partial charge in [-0.05, 0) is 91.6 Å². The van der Waals surface area contributed by atoms with Crippen molar-refractivity contribution in [1.29, 1.82) is 0 Å². The quantitative estimate of drug-likeness (QED) is 0.296. The van der Waals surface area contributed by atoms with E-state index in [9.17, 15) is 9.59 Å². The van der Waals surface area contributed by atoms with Gasteiger partial charge in [-0.2, -0.15) is 5.10 Å². The third kappa shape index (κ3) is 6.05. The molecule has 0 radical (unpaired) electrons. The minimum atomic E-state index is -1.02. The second-order valence-electron chi connectivity index (χ2n) is 10.1. The number of rotatable bonds is 7. The summed E-state index contributed by atoms with van der Waals surface area (Å²) < 4.78 is 1.84. The van der Waals surface area contributed by atoms with Gasteiger partial charge in [-0.3, -0.25) is 9.48 Å². The van der Waals surface area contributed by atoms with Crippen LogP contribution >= 0.6 is 11.6 Å².